The Kier molecular flexibility index (Phi) is 4.88. The Bertz CT molecular complexity index is 968. The molecular weight excluding hydrogens is 336 g/mol. The van der Waals surface area contributed by atoms with E-state index >= 15 is 0 Å². The van der Waals surface area contributed by atoms with Crippen molar-refractivity contribution in [2.24, 2.45) is 0 Å². The van der Waals surface area contributed by atoms with E-state index in [1.807, 2.05) is 36.4 Å². The van der Waals surface area contributed by atoms with Crippen LogP contribution in [0.3, 0.4) is 0 Å². The van der Waals surface area contributed by atoms with Crippen molar-refractivity contribution in [3.63, 3.8) is 0 Å². The number of benzene rings is 2. The second-order valence-corrected chi connectivity index (χ2v) is 6.83. The molecule has 2 aromatic carbocycles. The van der Waals surface area contributed by atoms with Crippen LogP contribution < -0.4 is 5.73 Å². The molecule has 2 N–H and O–H groups in total. The van der Waals surface area contributed by atoms with Crippen molar-refractivity contribution in [1.29, 1.82) is 0 Å². The minimum atomic E-state index is 0.602. The summed E-state index contributed by atoms with van der Waals surface area (Å²) in [5.41, 5.74) is 10.2. The SMILES string of the molecule is Cc1c(N)cccc1CN1C=CC(OCCc2cc3ccccc3o2)=CC1. The Morgan fingerprint density at radius 2 is 2.04 bits per heavy atom. The Morgan fingerprint density at radius 1 is 1.15 bits per heavy atom. The summed E-state index contributed by atoms with van der Waals surface area (Å²) in [5, 5.41) is 1.14. The standard InChI is InChI=1S/C23H24N2O2/c1-17-19(6-4-7-22(17)24)16-25-12-9-20(10-13-25)26-14-11-21-15-18-5-2-3-8-23(18)27-21/h2-10,12,15H,11,13-14,16,24H2,1H3. The first-order valence-corrected chi connectivity index (χ1v) is 9.26. The molecule has 0 fully saturated rings. The first-order chi connectivity index (χ1) is 13.2. The number of hydrogen-bond donors (Lipinski definition) is 1. The molecule has 1 aromatic heterocycles. The third-order valence-corrected chi connectivity index (χ3v) is 4.93. The van der Waals surface area contributed by atoms with Gasteiger partial charge in [-0.2, -0.15) is 0 Å². The second kappa shape index (κ2) is 7.62. The van der Waals surface area contributed by atoms with Crippen molar-refractivity contribution in [2.75, 3.05) is 18.9 Å². The van der Waals surface area contributed by atoms with Crippen molar-refractivity contribution in [1.82, 2.24) is 4.90 Å². The highest BCUT2D eigenvalue weighted by Gasteiger charge is 2.09. The lowest BCUT2D eigenvalue weighted by Crippen LogP contribution is -2.20. The molecule has 0 aliphatic carbocycles. The maximum Gasteiger partial charge on any atom is 0.134 e. The van der Waals surface area contributed by atoms with Crippen LogP contribution in [0.2, 0.25) is 0 Å². The average molecular weight is 360 g/mol. The molecule has 0 unspecified atom stereocenters. The Hall–Kier alpha value is -3.14. The van der Waals surface area contributed by atoms with Crippen LogP contribution in [0.1, 0.15) is 16.9 Å². The molecule has 0 amide bonds. The fourth-order valence-corrected chi connectivity index (χ4v) is 3.26. The quantitative estimate of drug-likeness (QED) is 0.642. The van der Waals surface area contributed by atoms with Crippen LogP contribution >= 0.6 is 0 Å². The van der Waals surface area contributed by atoms with Gasteiger partial charge >= 0.3 is 0 Å². The van der Waals surface area contributed by atoms with Gasteiger partial charge in [-0.3, -0.25) is 0 Å². The summed E-state index contributed by atoms with van der Waals surface area (Å²) >= 11 is 0. The number of allylic oxidation sites excluding steroid dienone is 1. The van der Waals surface area contributed by atoms with Crippen molar-refractivity contribution in [3.05, 3.63) is 89.5 Å². The Balaban J connectivity index is 1.28. The summed E-state index contributed by atoms with van der Waals surface area (Å²) in [6, 6.07) is 16.2. The summed E-state index contributed by atoms with van der Waals surface area (Å²) in [6.07, 6.45) is 6.97. The Morgan fingerprint density at radius 3 is 2.85 bits per heavy atom. The molecule has 27 heavy (non-hydrogen) atoms. The van der Waals surface area contributed by atoms with Gasteiger partial charge < -0.3 is 19.8 Å². The van der Waals surface area contributed by atoms with Crippen molar-refractivity contribution in [3.8, 4) is 0 Å². The first kappa shape index (κ1) is 17.3. The number of fused-ring (bicyclic) bond motifs is 1. The molecule has 4 nitrogen and oxygen atoms in total. The molecule has 138 valence electrons. The number of para-hydroxylation sites is 1. The fraction of sp³-hybridized carbons (Fsp3) is 0.217. The number of nitrogen functional groups attached to an aromatic ring is 1. The zero-order valence-electron chi connectivity index (χ0n) is 15.5. The smallest absolute Gasteiger partial charge is 0.134 e. The lowest BCUT2D eigenvalue weighted by molar-refractivity contribution is 0.215. The number of nitrogens with zero attached hydrogens (tertiary/aromatic N) is 1. The molecule has 1 aliphatic rings. The molecule has 0 saturated heterocycles. The third-order valence-electron chi connectivity index (χ3n) is 4.93. The van der Waals surface area contributed by atoms with Gasteiger partial charge in [0.15, 0.2) is 0 Å². The highest BCUT2D eigenvalue weighted by atomic mass is 16.5. The van der Waals surface area contributed by atoms with E-state index in [0.717, 1.165) is 53.2 Å². The number of anilines is 1. The summed E-state index contributed by atoms with van der Waals surface area (Å²) in [7, 11) is 0. The van der Waals surface area contributed by atoms with E-state index in [-0.39, 0.29) is 0 Å². The van der Waals surface area contributed by atoms with E-state index in [1.165, 1.54) is 5.56 Å². The highest BCUT2D eigenvalue weighted by Crippen LogP contribution is 2.21. The summed E-state index contributed by atoms with van der Waals surface area (Å²) < 4.78 is 11.7. The van der Waals surface area contributed by atoms with E-state index in [9.17, 15) is 0 Å². The molecule has 0 bridgehead atoms. The molecular formula is C23H24N2O2. The minimum absolute atomic E-state index is 0.602. The predicted molar refractivity (Wildman–Crippen MR) is 109 cm³/mol. The number of hydrogen-bond acceptors (Lipinski definition) is 4. The van der Waals surface area contributed by atoms with Gasteiger partial charge in [0, 0.05) is 36.8 Å². The van der Waals surface area contributed by atoms with Crippen LogP contribution in [-0.2, 0) is 17.7 Å². The number of nitrogens with two attached hydrogens (primary N) is 1. The van der Waals surface area contributed by atoms with Crippen molar-refractivity contribution < 1.29 is 9.15 Å². The monoisotopic (exact) mass is 360 g/mol. The minimum Gasteiger partial charge on any atom is -0.493 e. The largest absolute Gasteiger partial charge is 0.493 e. The second-order valence-electron chi connectivity index (χ2n) is 6.83. The molecule has 0 radical (unpaired) electrons. The maximum atomic E-state index is 6.00. The molecule has 1 aliphatic heterocycles. The third kappa shape index (κ3) is 4.00. The highest BCUT2D eigenvalue weighted by molar-refractivity contribution is 5.77. The topological polar surface area (TPSA) is 51.6 Å². The first-order valence-electron chi connectivity index (χ1n) is 9.26. The molecule has 0 spiro atoms. The van der Waals surface area contributed by atoms with Gasteiger partial charge in [-0.1, -0.05) is 30.3 Å². The number of rotatable bonds is 6. The van der Waals surface area contributed by atoms with Crippen molar-refractivity contribution >= 4 is 16.7 Å². The average Bonchev–Trinajstić information content (AvgIpc) is 3.10. The van der Waals surface area contributed by atoms with Crippen LogP contribution in [0.4, 0.5) is 5.69 Å². The molecule has 3 aromatic rings. The Labute approximate surface area is 159 Å². The maximum absolute atomic E-state index is 6.00. The van der Waals surface area contributed by atoms with Crippen molar-refractivity contribution in [2.45, 2.75) is 19.9 Å². The molecule has 2 heterocycles. The lowest BCUT2D eigenvalue weighted by Gasteiger charge is -2.24. The molecule has 0 atom stereocenters. The van der Waals surface area contributed by atoms with Gasteiger partial charge in [0.2, 0.25) is 0 Å². The van der Waals surface area contributed by atoms with Gasteiger partial charge in [0.05, 0.1) is 6.61 Å². The normalized spacial score (nSPS) is 13.8. The number of ether oxygens (including phenoxy) is 1. The van der Waals surface area contributed by atoms with Crippen LogP contribution in [0, 0.1) is 6.92 Å². The fourth-order valence-electron chi connectivity index (χ4n) is 3.26. The zero-order valence-corrected chi connectivity index (χ0v) is 15.5. The van der Waals surface area contributed by atoms with Crippen LogP contribution in [0.5, 0.6) is 0 Å². The summed E-state index contributed by atoms with van der Waals surface area (Å²) in [4.78, 5) is 2.24. The molecule has 4 heteroatoms. The van der Waals surface area contributed by atoms with Crippen LogP contribution in [0.15, 0.2) is 77.1 Å². The van der Waals surface area contributed by atoms with Gasteiger partial charge in [-0.05, 0) is 48.4 Å². The van der Waals surface area contributed by atoms with E-state index in [4.69, 9.17) is 14.9 Å². The molecule has 0 saturated carbocycles. The van der Waals surface area contributed by atoms with Gasteiger partial charge in [0.25, 0.3) is 0 Å². The summed E-state index contributed by atoms with van der Waals surface area (Å²) in [6.45, 7) is 4.34. The van der Waals surface area contributed by atoms with E-state index in [2.05, 4.69) is 42.3 Å². The summed E-state index contributed by atoms with van der Waals surface area (Å²) in [5.74, 6) is 1.86. The van der Waals surface area contributed by atoms with E-state index in [0.29, 0.717) is 6.61 Å². The lowest BCUT2D eigenvalue weighted by atomic mass is 10.1. The zero-order chi connectivity index (χ0) is 18.6. The van der Waals surface area contributed by atoms with Gasteiger partial charge in [-0.25, -0.2) is 0 Å². The number of furan rings is 1. The molecule has 4 rings (SSSR count). The van der Waals surface area contributed by atoms with E-state index in [1.54, 1.807) is 0 Å². The van der Waals surface area contributed by atoms with Gasteiger partial charge in [0.1, 0.15) is 17.1 Å². The van der Waals surface area contributed by atoms with Crippen LogP contribution in [-0.4, -0.2) is 18.1 Å². The van der Waals surface area contributed by atoms with Crippen LogP contribution in [0.25, 0.3) is 11.0 Å². The predicted octanol–water partition coefficient (Wildman–Crippen LogP) is 4.80. The van der Waals surface area contributed by atoms with E-state index < -0.39 is 0 Å². The van der Waals surface area contributed by atoms with Gasteiger partial charge in [-0.15, -0.1) is 0 Å².